The zero-order valence-electron chi connectivity index (χ0n) is 15.0. The number of hydrazine groups is 1. The number of carbonyl (C=O) groups excluding carboxylic acids is 3. The molecule has 144 valence electrons. The Bertz CT molecular complexity index is 964. The molecule has 2 aromatic heterocycles. The molecule has 0 bridgehead atoms. The molecule has 9 heteroatoms. The number of amides is 3. The maximum absolute atomic E-state index is 12.0. The Kier molecular flexibility index (Phi) is 5.85. The lowest BCUT2D eigenvalue weighted by Crippen LogP contribution is -2.48. The first-order valence-electron chi connectivity index (χ1n) is 8.44. The monoisotopic (exact) mass is 382 g/mol. The Labute approximate surface area is 160 Å². The number of hydrogen-bond acceptors (Lipinski definition) is 6. The minimum Gasteiger partial charge on any atom is -0.467 e. The van der Waals surface area contributed by atoms with Gasteiger partial charge in [0.1, 0.15) is 11.5 Å². The van der Waals surface area contributed by atoms with Crippen molar-refractivity contribution < 1.29 is 23.2 Å². The molecule has 0 aliphatic heterocycles. The van der Waals surface area contributed by atoms with Crippen molar-refractivity contribution in [3.63, 3.8) is 0 Å². The molecule has 3 rings (SSSR count). The van der Waals surface area contributed by atoms with E-state index >= 15 is 0 Å². The summed E-state index contributed by atoms with van der Waals surface area (Å²) in [6.45, 7) is 1.76. The molecule has 3 N–H and O–H groups in total. The van der Waals surface area contributed by atoms with Crippen molar-refractivity contribution in [2.75, 3.05) is 0 Å². The minimum absolute atomic E-state index is 0.0631. The molecule has 0 saturated heterocycles. The summed E-state index contributed by atoms with van der Waals surface area (Å²) in [4.78, 5) is 39.7. The second kappa shape index (κ2) is 8.67. The molecule has 2 heterocycles. The van der Waals surface area contributed by atoms with Gasteiger partial charge in [-0.15, -0.1) is 0 Å². The molecular formula is C19H18N4O5. The van der Waals surface area contributed by atoms with Crippen LogP contribution in [-0.2, 0) is 27.3 Å². The fraction of sp³-hybridized carbons (Fsp3) is 0.158. The number of hydrogen-bond donors (Lipinski definition) is 3. The highest BCUT2D eigenvalue weighted by Crippen LogP contribution is 2.21. The molecule has 0 aliphatic carbocycles. The SMILES string of the molecule is Cc1oc(-c2ccccc2)nc1CC(=O)NNC(=O)C(=O)NCc1ccco1. The number of aromatic nitrogens is 1. The van der Waals surface area contributed by atoms with Gasteiger partial charge < -0.3 is 14.2 Å². The smallest absolute Gasteiger partial charge is 0.327 e. The van der Waals surface area contributed by atoms with E-state index < -0.39 is 17.7 Å². The quantitative estimate of drug-likeness (QED) is 0.450. The Morgan fingerprint density at radius 2 is 1.79 bits per heavy atom. The van der Waals surface area contributed by atoms with Gasteiger partial charge in [-0.25, -0.2) is 4.98 Å². The van der Waals surface area contributed by atoms with Crippen LogP contribution in [-0.4, -0.2) is 22.7 Å². The second-order valence-corrected chi connectivity index (χ2v) is 5.83. The van der Waals surface area contributed by atoms with Crippen LogP contribution in [0, 0.1) is 6.92 Å². The van der Waals surface area contributed by atoms with Crippen molar-refractivity contribution in [1.82, 2.24) is 21.2 Å². The molecule has 1 aromatic carbocycles. The number of oxazole rings is 1. The number of benzene rings is 1. The number of nitrogens with zero attached hydrogens (tertiary/aromatic N) is 1. The van der Waals surface area contributed by atoms with Crippen LogP contribution in [0.4, 0.5) is 0 Å². The molecule has 0 aliphatic rings. The molecule has 28 heavy (non-hydrogen) atoms. The standard InChI is InChI=1S/C19H18N4O5/c1-12-15(21-19(28-12)13-6-3-2-4-7-13)10-16(24)22-23-18(26)17(25)20-11-14-8-5-9-27-14/h2-9H,10-11H2,1H3,(H,20,25)(H,22,24)(H,23,26). The van der Waals surface area contributed by atoms with E-state index in [9.17, 15) is 14.4 Å². The highest BCUT2D eigenvalue weighted by molar-refractivity contribution is 6.35. The number of furan rings is 1. The minimum atomic E-state index is -0.998. The van der Waals surface area contributed by atoms with Crippen molar-refractivity contribution in [2.24, 2.45) is 0 Å². The Morgan fingerprint density at radius 3 is 2.50 bits per heavy atom. The Morgan fingerprint density at radius 1 is 1.00 bits per heavy atom. The number of carbonyl (C=O) groups is 3. The summed E-state index contributed by atoms with van der Waals surface area (Å²) < 4.78 is 10.6. The van der Waals surface area contributed by atoms with E-state index in [1.807, 2.05) is 30.3 Å². The van der Waals surface area contributed by atoms with E-state index in [4.69, 9.17) is 8.83 Å². The first kappa shape index (κ1) is 18.9. The van der Waals surface area contributed by atoms with Crippen molar-refractivity contribution >= 4 is 17.7 Å². The van der Waals surface area contributed by atoms with Crippen LogP contribution in [0.25, 0.3) is 11.5 Å². The fourth-order valence-electron chi connectivity index (χ4n) is 2.34. The highest BCUT2D eigenvalue weighted by atomic mass is 16.4. The van der Waals surface area contributed by atoms with Crippen LogP contribution < -0.4 is 16.2 Å². The lowest BCUT2D eigenvalue weighted by Gasteiger charge is -2.06. The first-order valence-corrected chi connectivity index (χ1v) is 8.44. The third-order valence-corrected chi connectivity index (χ3v) is 3.77. The third-order valence-electron chi connectivity index (χ3n) is 3.77. The molecule has 0 atom stereocenters. The predicted octanol–water partition coefficient (Wildman–Crippen LogP) is 1.25. The molecule has 0 unspecified atom stereocenters. The number of nitrogens with one attached hydrogen (secondary N) is 3. The van der Waals surface area contributed by atoms with Crippen LogP contribution in [0.2, 0.25) is 0 Å². The topological polar surface area (TPSA) is 126 Å². The predicted molar refractivity (Wildman–Crippen MR) is 97.2 cm³/mol. The van der Waals surface area contributed by atoms with Crippen molar-refractivity contribution in [3.8, 4) is 11.5 Å². The molecule has 0 spiro atoms. The summed E-state index contributed by atoms with van der Waals surface area (Å²) >= 11 is 0. The maximum Gasteiger partial charge on any atom is 0.327 e. The largest absolute Gasteiger partial charge is 0.467 e. The second-order valence-electron chi connectivity index (χ2n) is 5.83. The van der Waals surface area contributed by atoms with Gasteiger partial charge in [0.2, 0.25) is 11.8 Å². The van der Waals surface area contributed by atoms with Crippen LogP contribution >= 0.6 is 0 Å². The fourth-order valence-corrected chi connectivity index (χ4v) is 2.34. The van der Waals surface area contributed by atoms with E-state index in [0.29, 0.717) is 23.1 Å². The third kappa shape index (κ3) is 4.85. The van der Waals surface area contributed by atoms with E-state index in [-0.39, 0.29) is 13.0 Å². The Hall–Kier alpha value is -3.88. The van der Waals surface area contributed by atoms with Crippen LogP contribution in [0.1, 0.15) is 17.2 Å². The molecule has 9 nitrogen and oxygen atoms in total. The molecule has 0 radical (unpaired) electrons. The summed E-state index contributed by atoms with van der Waals surface area (Å²) in [5.74, 6) is -1.04. The lowest BCUT2D eigenvalue weighted by atomic mass is 10.2. The van der Waals surface area contributed by atoms with Crippen LogP contribution in [0.3, 0.4) is 0 Å². The van der Waals surface area contributed by atoms with Gasteiger partial charge in [0.05, 0.1) is 24.9 Å². The summed E-state index contributed by atoms with van der Waals surface area (Å²) in [5.41, 5.74) is 5.46. The van der Waals surface area contributed by atoms with Crippen LogP contribution in [0.5, 0.6) is 0 Å². The van der Waals surface area contributed by atoms with E-state index in [1.54, 1.807) is 19.1 Å². The van der Waals surface area contributed by atoms with E-state index in [0.717, 1.165) is 5.56 Å². The molecule has 3 aromatic rings. The summed E-state index contributed by atoms with van der Waals surface area (Å²) in [5, 5.41) is 2.37. The van der Waals surface area contributed by atoms with Gasteiger partial charge in [0, 0.05) is 5.56 Å². The molecule has 0 fully saturated rings. The number of aryl methyl sites for hydroxylation is 1. The van der Waals surface area contributed by atoms with Gasteiger partial charge in [-0.1, -0.05) is 18.2 Å². The molecular weight excluding hydrogens is 364 g/mol. The summed E-state index contributed by atoms with van der Waals surface area (Å²) in [6, 6.07) is 12.6. The van der Waals surface area contributed by atoms with Crippen LogP contribution in [0.15, 0.2) is 57.6 Å². The lowest BCUT2D eigenvalue weighted by molar-refractivity contribution is -0.141. The van der Waals surface area contributed by atoms with Gasteiger partial charge in [0.15, 0.2) is 0 Å². The van der Waals surface area contributed by atoms with Gasteiger partial charge in [-0.2, -0.15) is 0 Å². The zero-order chi connectivity index (χ0) is 19.9. The molecule has 0 saturated carbocycles. The van der Waals surface area contributed by atoms with E-state index in [1.165, 1.54) is 6.26 Å². The average molecular weight is 382 g/mol. The zero-order valence-corrected chi connectivity index (χ0v) is 15.0. The van der Waals surface area contributed by atoms with Gasteiger partial charge >= 0.3 is 11.8 Å². The summed E-state index contributed by atoms with van der Waals surface area (Å²) in [7, 11) is 0. The maximum atomic E-state index is 12.0. The Balaban J connectivity index is 1.48. The van der Waals surface area contributed by atoms with E-state index in [2.05, 4.69) is 21.2 Å². The van der Waals surface area contributed by atoms with Gasteiger partial charge in [-0.3, -0.25) is 25.2 Å². The van der Waals surface area contributed by atoms with Crippen molar-refractivity contribution in [1.29, 1.82) is 0 Å². The van der Waals surface area contributed by atoms with Crippen molar-refractivity contribution in [3.05, 3.63) is 65.9 Å². The van der Waals surface area contributed by atoms with Gasteiger partial charge in [0.25, 0.3) is 0 Å². The average Bonchev–Trinajstić information content (AvgIpc) is 3.35. The van der Waals surface area contributed by atoms with Crippen molar-refractivity contribution in [2.45, 2.75) is 19.9 Å². The molecule has 3 amide bonds. The summed E-state index contributed by atoms with van der Waals surface area (Å²) in [6.07, 6.45) is 1.34. The highest BCUT2D eigenvalue weighted by Gasteiger charge is 2.17. The first-order chi connectivity index (χ1) is 13.5. The normalized spacial score (nSPS) is 10.3. The number of rotatable bonds is 5. The van der Waals surface area contributed by atoms with Gasteiger partial charge in [-0.05, 0) is 31.2 Å².